The molecule has 6 rings (SSSR count). The van der Waals surface area contributed by atoms with Crippen LogP contribution in [0.25, 0.3) is 43.9 Å². The lowest BCUT2D eigenvalue weighted by Gasteiger charge is -2.14. The maximum atomic E-state index is 6.56. The van der Waals surface area contributed by atoms with Crippen molar-refractivity contribution in [3.05, 3.63) is 139 Å². The van der Waals surface area contributed by atoms with Gasteiger partial charge in [0.1, 0.15) is 0 Å². The highest BCUT2D eigenvalue weighted by Gasteiger charge is 2.10. The Labute approximate surface area is 199 Å². The summed E-state index contributed by atoms with van der Waals surface area (Å²) in [5.74, 6) is 0. The van der Waals surface area contributed by atoms with E-state index >= 15 is 0 Å². The smallest absolute Gasteiger partial charge is 0.0708 e. The first-order valence-corrected chi connectivity index (χ1v) is 11.5. The van der Waals surface area contributed by atoms with E-state index in [0.29, 0.717) is 0 Å². The molecule has 2 N–H and O–H groups in total. The number of nitrogens with zero attached hydrogens (tertiary/aromatic N) is 1. The van der Waals surface area contributed by atoms with Gasteiger partial charge in [-0.1, -0.05) is 97.1 Å². The lowest BCUT2D eigenvalue weighted by molar-refractivity contribution is 0.873. The molecule has 0 bridgehead atoms. The van der Waals surface area contributed by atoms with Crippen LogP contribution in [0.4, 0.5) is 0 Å². The zero-order chi connectivity index (χ0) is 22.9. The number of hydrogen-bond acceptors (Lipinski definition) is 2. The molecule has 162 valence electrons. The van der Waals surface area contributed by atoms with E-state index < -0.39 is 0 Å². The summed E-state index contributed by atoms with van der Waals surface area (Å²) in [4.78, 5) is 4.49. The Kier molecular flexibility index (Phi) is 5.14. The maximum Gasteiger partial charge on any atom is 0.0708 e. The molecule has 0 radical (unpaired) electrons. The molecule has 0 aliphatic carbocycles. The Bertz CT molecular complexity index is 1600. The Morgan fingerprint density at radius 1 is 0.529 bits per heavy atom. The van der Waals surface area contributed by atoms with E-state index in [-0.39, 0.29) is 6.04 Å². The number of rotatable bonds is 4. The van der Waals surface area contributed by atoms with Gasteiger partial charge in [-0.3, -0.25) is 4.98 Å². The van der Waals surface area contributed by atoms with E-state index in [1.54, 1.807) is 0 Å². The van der Waals surface area contributed by atoms with Gasteiger partial charge in [0, 0.05) is 11.6 Å². The van der Waals surface area contributed by atoms with Crippen LogP contribution in [0.5, 0.6) is 0 Å². The van der Waals surface area contributed by atoms with Crippen LogP contribution in [0.1, 0.15) is 17.2 Å². The van der Waals surface area contributed by atoms with E-state index in [0.717, 1.165) is 16.6 Å². The number of benzene rings is 5. The molecule has 0 spiro atoms. The van der Waals surface area contributed by atoms with Crippen molar-refractivity contribution in [2.24, 2.45) is 5.73 Å². The average Bonchev–Trinajstić information content (AvgIpc) is 2.92. The van der Waals surface area contributed by atoms with Crippen molar-refractivity contribution in [1.82, 2.24) is 4.98 Å². The number of aromatic nitrogens is 1. The SMILES string of the molecule is NC(c1ccccc1)c1ccc2ccc(-c3ccc(-c4ccnc5ccccc45)cc3)cc2c1. The second-order valence-electron chi connectivity index (χ2n) is 8.66. The molecular weight excluding hydrogens is 412 g/mol. The normalized spacial score (nSPS) is 12.1. The monoisotopic (exact) mass is 436 g/mol. The molecule has 1 aromatic heterocycles. The molecule has 2 heteroatoms. The van der Waals surface area contributed by atoms with Crippen molar-refractivity contribution in [3.63, 3.8) is 0 Å². The number of pyridine rings is 1. The van der Waals surface area contributed by atoms with E-state index in [1.807, 2.05) is 30.5 Å². The van der Waals surface area contributed by atoms with Gasteiger partial charge in [-0.15, -0.1) is 0 Å². The van der Waals surface area contributed by atoms with E-state index in [1.165, 1.54) is 38.4 Å². The lowest BCUT2D eigenvalue weighted by Crippen LogP contribution is -2.11. The van der Waals surface area contributed by atoms with Gasteiger partial charge in [-0.05, 0) is 68.4 Å². The second kappa shape index (κ2) is 8.58. The largest absolute Gasteiger partial charge is 0.320 e. The van der Waals surface area contributed by atoms with Crippen molar-refractivity contribution >= 4 is 21.7 Å². The molecule has 1 heterocycles. The Balaban J connectivity index is 1.35. The quantitative estimate of drug-likeness (QED) is 0.306. The minimum atomic E-state index is -0.135. The molecule has 34 heavy (non-hydrogen) atoms. The van der Waals surface area contributed by atoms with Gasteiger partial charge in [0.15, 0.2) is 0 Å². The highest BCUT2D eigenvalue weighted by Crippen LogP contribution is 2.31. The topological polar surface area (TPSA) is 38.9 Å². The zero-order valence-electron chi connectivity index (χ0n) is 18.7. The van der Waals surface area contributed by atoms with Gasteiger partial charge in [0.05, 0.1) is 11.6 Å². The molecular formula is C32H24N2. The summed E-state index contributed by atoms with van der Waals surface area (Å²) in [5.41, 5.74) is 14.6. The van der Waals surface area contributed by atoms with Gasteiger partial charge in [-0.25, -0.2) is 0 Å². The minimum Gasteiger partial charge on any atom is -0.320 e. The van der Waals surface area contributed by atoms with E-state index in [2.05, 4.69) is 102 Å². The molecule has 5 aromatic carbocycles. The maximum absolute atomic E-state index is 6.56. The van der Waals surface area contributed by atoms with Crippen LogP contribution < -0.4 is 5.73 Å². The number of nitrogens with two attached hydrogens (primary N) is 1. The minimum absolute atomic E-state index is 0.135. The Morgan fingerprint density at radius 3 is 2.09 bits per heavy atom. The van der Waals surface area contributed by atoms with Gasteiger partial charge < -0.3 is 5.73 Å². The third-order valence-corrected chi connectivity index (χ3v) is 6.56. The summed E-state index contributed by atoms with van der Waals surface area (Å²) in [6, 6.07) is 42.4. The average molecular weight is 437 g/mol. The fourth-order valence-electron chi connectivity index (χ4n) is 4.68. The van der Waals surface area contributed by atoms with Gasteiger partial charge in [0.25, 0.3) is 0 Å². The fourth-order valence-corrected chi connectivity index (χ4v) is 4.68. The molecule has 0 saturated heterocycles. The molecule has 1 unspecified atom stereocenters. The predicted molar refractivity (Wildman–Crippen MR) is 143 cm³/mol. The van der Waals surface area contributed by atoms with Crippen molar-refractivity contribution in [1.29, 1.82) is 0 Å². The van der Waals surface area contributed by atoms with Crippen LogP contribution in [-0.2, 0) is 0 Å². The fraction of sp³-hybridized carbons (Fsp3) is 0.0312. The van der Waals surface area contributed by atoms with E-state index in [4.69, 9.17) is 5.73 Å². The predicted octanol–water partition coefficient (Wildman–Crippen LogP) is 7.77. The van der Waals surface area contributed by atoms with Gasteiger partial charge in [0.2, 0.25) is 0 Å². The van der Waals surface area contributed by atoms with Gasteiger partial charge >= 0.3 is 0 Å². The standard InChI is InChI=1S/C32H24N2/c33-32(25-6-2-1-3-7-25)27-17-13-23-12-16-26(20-28(23)21-27)22-10-14-24(15-11-22)29-18-19-34-31-9-5-4-8-30(29)31/h1-21,32H,33H2. The summed E-state index contributed by atoms with van der Waals surface area (Å²) in [6.07, 6.45) is 1.88. The van der Waals surface area contributed by atoms with Crippen LogP contribution >= 0.6 is 0 Å². The van der Waals surface area contributed by atoms with E-state index in [9.17, 15) is 0 Å². The van der Waals surface area contributed by atoms with Gasteiger partial charge in [-0.2, -0.15) is 0 Å². The molecule has 2 nitrogen and oxygen atoms in total. The summed E-state index contributed by atoms with van der Waals surface area (Å²) in [6.45, 7) is 0. The number of fused-ring (bicyclic) bond motifs is 2. The molecule has 0 aliphatic heterocycles. The Morgan fingerprint density at radius 2 is 1.24 bits per heavy atom. The van der Waals surface area contributed by atoms with Crippen LogP contribution in [0.2, 0.25) is 0 Å². The lowest BCUT2D eigenvalue weighted by atomic mass is 9.94. The van der Waals surface area contributed by atoms with Crippen molar-refractivity contribution in [2.45, 2.75) is 6.04 Å². The highest BCUT2D eigenvalue weighted by molar-refractivity contribution is 5.94. The summed E-state index contributed by atoms with van der Waals surface area (Å²) >= 11 is 0. The van der Waals surface area contributed by atoms with Crippen LogP contribution in [0.15, 0.2) is 128 Å². The summed E-state index contributed by atoms with van der Waals surface area (Å²) in [5, 5.41) is 3.59. The second-order valence-corrected chi connectivity index (χ2v) is 8.66. The first-order valence-electron chi connectivity index (χ1n) is 11.5. The van der Waals surface area contributed by atoms with Crippen molar-refractivity contribution in [2.75, 3.05) is 0 Å². The number of para-hydroxylation sites is 1. The highest BCUT2D eigenvalue weighted by atomic mass is 14.6. The first-order chi connectivity index (χ1) is 16.8. The molecule has 0 amide bonds. The molecule has 1 atom stereocenters. The van der Waals surface area contributed by atoms with Crippen molar-refractivity contribution in [3.8, 4) is 22.3 Å². The van der Waals surface area contributed by atoms with Crippen LogP contribution in [0, 0.1) is 0 Å². The molecule has 0 aliphatic rings. The Hall–Kier alpha value is -4.27. The molecule has 0 saturated carbocycles. The van der Waals surface area contributed by atoms with Crippen LogP contribution in [0.3, 0.4) is 0 Å². The molecule has 0 fully saturated rings. The summed E-state index contributed by atoms with van der Waals surface area (Å²) < 4.78 is 0. The number of hydrogen-bond donors (Lipinski definition) is 1. The van der Waals surface area contributed by atoms with Crippen LogP contribution in [-0.4, -0.2) is 4.98 Å². The molecule has 6 aromatic rings. The summed E-state index contributed by atoms with van der Waals surface area (Å²) in [7, 11) is 0. The third kappa shape index (κ3) is 3.75. The zero-order valence-corrected chi connectivity index (χ0v) is 18.7. The van der Waals surface area contributed by atoms with Crippen molar-refractivity contribution < 1.29 is 0 Å². The third-order valence-electron chi connectivity index (χ3n) is 6.56. The first kappa shape index (κ1) is 20.3.